The topological polar surface area (TPSA) is 29.4 Å². The van der Waals surface area contributed by atoms with E-state index in [-0.39, 0.29) is 13.3 Å². The molecule has 0 fully saturated rings. The Bertz CT molecular complexity index is 363. The van der Waals surface area contributed by atoms with E-state index in [1.165, 1.54) is 0 Å². The molecular formula is C15H25NO. The van der Waals surface area contributed by atoms with Gasteiger partial charge >= 0.3 is 0 Å². The number of hydrogen-bond acceptors (Lipinski definition) is 1. The van der Waals surface area contributed by atoms with Gasteiger partial charge in [-0.3, -0.25) is 4.79 Å². The summed E-state index contributed by atoms with van der Waals surface area (Å²) in [5.41, 5.74) is 2.57. The molecule has 0 aliphatic heterocycles. The molecule has 1 aromatic rings. The number of benzene rings is 1. The Balaban J connectivity index is 0. The van der Waals surface area contributed by atoms with E-state index in [2.05, 4.69) is 4.99 Å². The highest BCUT2D eigenvalue weighted by Gasteiger charge is 2.07. The Labute approximate surface area is 106 Å². The van der Waals surface area contributed by atoms with Crippen LogP contribution < -0.4 is 0 Å². The molecule has 0 radical (unpaired) electrons. The standard InChI is InChI=1S/C12H15NO.C2H6.CH4/c1-4-10-7-5-6-8-11(10)12(14)13-9(2)3;1-2;/h5-8H,4H2,1-3H3;1-2H3;1H4. The first-order valence-corrected chi connectivity index (χ1v) is 5.79. The molecule has 0 aliphatic carbocycles. The van der Waals surface area contributed by atoms with Crippen molar-refractivity contribution >= 4 is 11.6 Å². The molecule has 1 rings (SSSR count). The first-order chi connectivity index (χ1) is 7.65. The molecule has 1 aromatic carbocycles. The fraction of sp³-hybridized carbons (Fsp3) is 0.467. The van der Waals surface area contributed by atoms with E-state index in [1.54, 1.807) is 0 Å². The molecule has 0 aliphatic rings. The van der Waals surface area contributed by atoms with Crippen LogP contribution in [0.5, 0.6) is 0 Å². The molecular weight excluding hydrogens is 210 g/mol. The first kappa shape index (κ1) is 17.9. The zero-order valence-electron chi connectivity index (χ0n) is 10.9. The average Bonchev–Trinajstić information content (AvgIpc) is 2.30. The minimum absolute atomic E-state index is 0. The van der Waals surface area contributed by atoms with Crippen molar-refractivity contribution in [3.63, 3.8) is 0 Å². The molecule has 2 nitrogen and oxygen atoms in total. The third kappa shape index (κ3) is 6.00. The van der Waals surface area contributed by atoms with Crippen molar-refractivity contribution in [3.8, 4) is 0 Å². The maximum Gasteiger partial charge on any atom is 0.277 e. The number of rotatable bonds is 2. The zero-order chi connectivity index (χ0) is 12.6. The third-order valence-electron chi connectivity index (χ3n) is 1.95. The number of aryl methyl sites for hydroxylation is 1. The second-order valence-electron chi connectivity index (χ2n) is 3.37. The van der Waals surface area contributed by atoms with Gasteiger partial charge in [-0.25, -0.2) is 4.99 Å². The first-order valence-electron chi connectivity index (χ1n) is 5.79. The lowest BCUT2D eigenvalue weighted by molar-refractivity contribution is 0.100. The summed E-state index contributed by atoms with van der Waals surface area (Å²) in [4.78, 5) is 15.6. The second kappa shape index (κ2) is 9.76. The largest absolute Gasteiger partial charge is 0.277 e. The van der Waals surface area contributed by atoms with Crippen LogP contribution in [0.1, 0.15) is 58.0 Å². The molecule has 0 unspecified atom stereocenters. The van der Waals surface area contributed by atoms with Crippen LogP contribution in [0.2, 0.25) is 0 Å². The molecule has 0 saturated carbocycles. The summed E-state index contributed by atoms with van der Waals surface area (Å²) in [7, 11) is 0. The summed E-state index contributed by atoms with van der Waals surface area (Å²) in [6.45, 7) is 9.69. The van der Waals surface area contributed by atoms with Gasteiger partial charge in [0.2, 0.25) is 0 Å². The maximum atomic E-state index is 11.6. The molecule has 0 saturated heterocycles. The van der Waals surface area contributed by atoms with Gasteiger partial charge in [-0.05, 0) is 31.9 Å². The summed E-state index contributed by atoms with van der Waals surface area (Å²) >= 11 is 0. The minimum Gasteiger partial charge on any atom is -0.267 e. The van der Waals surface area contributed by atoms with Crippen LogP contribution in [0.25, 0.3) is 0 Å². The van der Waals surface area contributed by atoms with Crippen molar-refractivity contribution < 1.29 is 4.79 Å². The van der Waals surface area contributed by atoms with E-state index in [9.17, 15) is 4.79 Å². The van der Waals surface area contributed by atoms with Crippen LogP contribution in [0.15, 0.2) is 29.3 Å². The number of aliphatic imine (C=N–C) groups is 1. The van der Waals surface area contributed by atoms with Gasteiger partial charge in [0.25, 0.3) is 5.91 Å². The van der Waals surface area contributed by atoms with Crippen molar-refractivity contribution in [1.29, 1.82) is 0 Å². The number of carbonyl (C=O) groups is 1. The van der Waals surface area contributed by atoms with Gasteiger partial charge in [0.05, 0.1) is 0 Å². The van der Waals surface area contributed by atoms with Crippen LogP contribution in [-0.2, 0) is 6.42 Å². The molecule has 96 valence electrons. The maximum absolute atomic E-state index is 11.6. The SMILES string of the molecule is C.CC.CCc1ccccc1C(=O)N=C(C)C. The fourth-order valence-electron chi connectivity index (χ4n) is 1.30. The normalized spacial score (nSPS) is 8.29. The van der Waals surface area contributed by atoms with Crippen molar-refractivity contribution in [1.82, 2.24) is 0 Å². The lowest BCUT2D eigenvalue weighted by atomic mass is 10.1. The van der Waals surface area contributed by atoms with Crippen molar-refractivity contribution in [2.45, 2.75) is 48.5 Å². The van der Waals surface area contributed by atoms with Gasteiger partial charge in [-0.1, -0.05) is 46.4 Å². The lowest BCUT2D eigenvalue weighted by Crippen LogP contribution is -2.02. The Morgan fingerprint density at radius 1 is 1.18 bits per heavy atom. The van der Waals surface area contributed by atoms with Gasteiger partial charge in [0.15, 0.2) is 0 Å². The van der Waals surface area contributed by atoms with Gasteiger partial charge < -0.3 is 0 Å². The van der Waals surface area contributed by atoms with Gasteiger partial charge in [-0.2, -0.15) is 0 Å². The third-order valence-corrected chi connectivity index (χ3v) is 1.95. The lowest BCUT2D eigenvalue weighted by Gasteiger charge is -2.02. The molecule has 0 bridgehead atoms. The van der Waals surface area contributed by atoms with Crippen molar-refractivity contribution in [2.75, 3.05) is 0 Å². The molecule has 17 heavy (non-hydrogen) atoms. The Hall–Kier alpha value is -1.44. The van der Waals surface area contributed by atoms with Crippen molar-refractivity contribution in [2.24, 2.45) is 4.99 Å². The zero-order valence-corrected chi connectivity index (χ0v) is 10.9. The van der Waals surface area contributed by atoms with E-state index >= 15 is 0 Å². The number of hydrogen-bond donors (Lipinski definition) is 0. The molecule has 0 N–H and O–H groups in total. The highest BCUT2D eigenvalue weighted by molar-refractivity contribution is 6.03. The smallest absolute Gasteiger partial charge is 0.267 e. The number of nitrogens with zero attached hydrogens (tertiary/aromatic N) is 1. The number of amides is 1. The van der Waals surface area contributed by atoms with E-state index < -0.39 is 0 Å². The second-order valence-corrected chi connectivity index (χ2v) is 3.37. The minimum atomic E-state index is -0.137. The summed E-state index contributed by atoms with van der Waals surface area (Å²) in [6.07, 6.45) is 0.861. The van der Waals surface area contributed by atoms with Crippen LogP contribution >= 0.6 is 0 Å². The predicted molar refractivity (Wildman–Crippen MR) is 77.0 cm³/mol. The Morgan fingerprint density at radius 2 is 1.71 bits per heavy atom. The van der Waals surface area contributed by atoms with Gasteiger partial charge in [0, 0.05) is 11.3 Å². The molecule has 2 heteroatoms. The Kier molecular flexibility index (Phi) is 10.3. The summed E-state index contributed by atoms with van der Waals surface area (Å²) < 4.78 is 0. The Morgan fingerprint density at radius 3 is 2.18 bits per heavy atom. The molecule has 0 aromatic heterocycles. The predicted octanol–water partition coefficient (Wildman–Crippen LogP) is 4.53. The van der Waals surface area contributed by atoms with E-state index in [4.69, 9.17) is 0 Å². The quantitative estimate of drug-likeness (QED) is 0.692. The van der Waals surface area contributed by atoms with E-state index in [1.807, 2.05) is 58.9 Å². The summed E-state index contributed by atoms with van der Waals surface area (Å²) in [6, 6.07) is 7.60. The summed E-state index contributed by atoms with van der Waals surface area (Å²) in [5.74, 6) is -0.137. The van der Waals surface area contributed by atoms with Crippen molar-refractivity contribution in [3.05, 3.63) is 35.4 Å². The van der Waals surface area contributed by atoms with E-state index in [0.717, 1.165) is 23.3 Å². The van der Waals surface area contributed by atoms with E-state index in [0.29, 0.717) is 0 Å². The summed E-state index contributed by atoms with van der Waals surface area (Å²) in [5, 5.41) is 0. The molecule has 0 atom stereocenters. The van der Waals surface area contributed by atoms with Crippen LogP contribution in [-0.4, -0.2) is 11.6 Å². The monoisotopic (exact) mass is 235 g/mol. The van der Waals surface area contributed by atoms with Gasteiger partial charge in [-0.15, -0.1) is 0 Å². The van der Waals surface area contributed by atoms with Crippen LogP contribution in [0.4, 0.5) is 0 Å². The van der Waals surface area contributed by atoms with Crippen LogP contribution in [0, 0.1) is 0 Å². The number of carbonyl (C=O) groups excluding carboxylic acids is 1. The highest BCUT2D eigenvalue weighted by atomic mass is 16.1. The molecule has 1 amide bonds. The van der Waals surface area contributed by atoms with Crippen LogP contribution in [0.3, 0.4) is 0 Å². The average molecular weight is 235 g/mol. The molecule has 0 spiro atoms. The highest BCUT2D eigenvalue weighted by Crippen LogP contribution is 2.10. The molecule has 0 heterocycles. The van der Waals surface area contributed by atoms with Gasteiger partial charge in [0.1, 0.15) is 0 Å². The fourth-order valence-corrected chi connectivity index (χ4v) is 1.30.